The van der Waals surface area contributed by atoms with Crippen molar-refractivity contribution in [1.82, 2.24) is 0 Å². The van der Waals surface area contributed by atoms with Crippen molar-refractivity contribution in [1.29, 1.82) is 0 Å². The van der Waals surface area contributed by atoms with Crippen LogP contribution in [0.1, 0.15) is 6.42 Å². The topological polar surface area (TPSA) is 21.3 Å². The summed E-state index contributed by atoms with van der Waals surface area (Å²) in [5.41, 5.74) is 0.843. The third kappa shape index (κ3) is 6.47. The third-order valence-corrected chi connectivity index (χ3v) is 2.87. The first kappa shape index (κ1) is 15.6. The number of halogens is 5. The number of ether oxygens (including phenoxy) is 1. The van der Waals surface area contributed by atoms with E-state index < -0.39 is 12.8 Å². The van der Waals surface area contributed by atoms with E-state index in [0.29, 0.717) is 18.0 Å². The van der Waals surface area contributed by atoms with Crippen LogP contribution < -0.4 is 5.32 Å². The summed E-state index contributed by atoms with van der Waals surface area (Å²) < 4.78 is 40.6. The summed E-state index contributed by atoms with van der Waals surface area (Å²) in [5, 5.41) is 3.68. The van der Waals surface area contributed by atoms with Crippen molar-refractivity contribution in [3.63, 3.8) is 0 Å². The molecule has 0 radical (unpaired) electrons. The Morgan fingerprint density at radius 2 is 2.06 bits per heavy atom. The molecule has 1 aromatic carbocycles. The van der Waals surface area contributed by atoms with Gasteiger partial charge in [0, 0.05) is 28.3 Å². The molecule has 0 saturated heterocycles. The minimum Gasteiger partial charge on any atom is -0.384 e. The molecule has 0 saturated carbocycles. The Labute approximate surface area is 117 Å². The number of rotatable bonds is 6. The average Bonchev–Trinajstić information content (AvgIpc) is 2.24. The molecule has 0 unspecified atom stereocenters. The number of hydrogen-bond donors (Lipinski definition) is 1. The van der Waals surface area contributed by atoms with Gasteiger partial charge in [0.05, 0.1) is 0 Å². The van der Waals surface area contributed by atoms with Gasteiger partial charge in [-0.2, -0.15) is 13.2 Å². The summed E-state index contributed by atoms with van der Waals surface area (Å²) in [6, 6.07) is 5.27. The molecule has 1 rings (SSSR count). The minimum atomic E-state index is -4.26. The molecule has 18 heavy (non-hydrogen) atoms. The quantitative estimate of drug-likeness (QED) is 0.767. The maximum atomic E-state index is 11.8. The first-order valence-electron chi connectivity index (χ1n) is 5.22. The van der Waals surface area contributed by atoms with Crippen molar-refractivity contribution < 1.29 is 17.9 Å². The molecule has 0 bridgehead atoms. The van der Waals surface area contributed by atoms with Crippen LogP contribution in [0.15, 0.2) is 22.7 Å². The van der Waals surface area contributed by atoms with Crippen LogP contribution in [0.4, 0.5) is 18.9 Å². The molecular weight excluding hydrogens is 334 g/mol. The highest BCUT2D eigenvalue weighted by molar-refractivity contribution is 9.10. The van der Waals surface area contributed by atoms with Gasteiger partial charge in [-0.3, -0.25) is 0 Å². The number of hydrogen-bond acceptors (Lipinski definition) is 2. The van der Waals surface area contributed by atoms with Crippen molar-refractivity contribution >= 4 is 33.2 Å². The van der Waals surface area contributed by atoms with E-state index in [2.05, 4.69) is 26.0 Å². The van der Waals surface area contributed by atoms with Gasteiger partial charge in [0.1, 0.15) is 6.61 Å². The second-order valence-corrected chi connectivity index (χ2v) is 4.86. The van der Waals surface area contributed by atoms with E-state index in [-0.39, 0.29) is 6.61 Å². The number of nitrogens with one attached hydrogen (secondary N) is 1. The summed E-state index contributed by atoms with van der Waals surface area (Å²) in [6.45, 7) is -0.604. The lowest BCUT2D eigenvalue weighted by atomic mass is 10.3. The second kappa shape index (κ2) is 7.21. The molecule has 7 heteroatoms. The molecule has 0 amide bonds. The van der Waals surface area contributed by atoms with Crippen LogP contribution in [0.5, 0.6) is 0 Å². The fraction of sp³-hybridized carbons (Fsp3) is 0.455. The zero-order valence-electron chi connectivity index (χ0n) is 9.36. The zero-order chi connectivity index (χ0) is 13.6. The Bertz CT molecular complexity index is 387. The van der Waals surface area contributed by atoms with E-state index in [4.69, 9.17) is 11.6 Å². The van der Waals surface area contributed by atoms with Gasteiger partial charge in [-0.05, 0) is 40.5 Å². The normalized spacial score (nSPS) is 11.6. The van der Waals surface area contributed by atoms with Crippen LogP contribution in [0.3, 0.4) is 0 Å². The van der Waals surface area contributed by atoms with Crippen LogP contribution >= 0.6 is 27.5 Å². The molecule has 0 aliphatic heterocycles. The van der Waals surface area contributed by atoms with Gasteiger partial charge in [0.2, 0.25) is 0 Å². The van der Waals surface area contributed by atoms with E-state index in [1.807, 2.05) is 0 Å². The molecule has 1 aromatic rings. The predicted octanol–water partition coefficient (Wildman–Crippen LogP) is 4.48. The molecule has 0 aromatic heterocycles. The highest BCUT2D eigenvalue weighted by atomic mass is 79.9. The Morgan fingerprint density at radius 3 is 2.67 bits per heavy atom. The molecule has 0 fully saturated rings. The molecule has 0 aliphatic carbocycles. The van der Waals surface area contributed by atoms with E-state index in [1.165, 1.54) is 0 Å². The molecule has 1 N–H and O–H groups in total. The number of alkyl halides is 3. The first-order chi connectivity index (χ1) is 8.38. The lowest BCUT2D eigenvalue weighted by Crippen LogP contribution is -2.18. The lowest BCUT2D eigenvalue weighted by Gasteiger charge is -2.10. The molecular formula is C11H12BrClF3NO. The molecule has 0 heterocycles. The van der Waals surface area contributed by atoms with Gasteiger partial charge in [-0.15, -0.1) is 0 Å². The summed E-state index contributed by atoms with van der Waals surface area (Å²) in [5.74, 6) is 0. The smallest absolute Gasteiger partial charge is 0.384 e. The van der Waals surface area contributed by atoms with Crippen LogP contribution in [0.25, 0.3) is 0 Å². The van der Waals surface area contributed by atoms with Crippen molar-refractivity contribution in [2.45, 2.75) is 12.6 Å². The zero-order valence-corrected chi connectivity index (χ0v) is 11.7. The monoisotopic (exact) mass is 345 g/mol. The van der Waals surface area contributed by atoms with E-state index in [1.54, 1.807) is 18.2 Å². The summed E-state index contributed by atoms with van der Waals surface area (Å²) in [4.78, 5) is 0. The van der Waals surface area contributed by atoms with Gasteiger partial charge in [-0.25, -0.2) is 0 Å². The SMILES string of the molecule is FC(F)(F)COCCCNc1ccc(Cl)cc1Br. The van der Waals surface area contributed by atoms with Crippen molar-refractivity contribution in [3.05, 3.63) is 27.7 Å². The molecule has 0 aliphatic rings. The van der Waals surface area contributed by atoms with Crippen LogP contribution in [0, 0.1) is 0 Å². The summed E-state index contributed by atoms with van der Waals surface area (Å²) in [7, 11) is 0. The van der Waals surface area contributed by atoms with Crippen molar-refractivity contribution in [2.75, 3.05) is 25.1 Å². The predicted molar refractivity (Wildman–Crippen MR) is 69.1 cm³/mol. The number of anilines is 1. The van der Waals surface area contributed by atoms with Gasteiger partial charge in [0.15, 0.2) is 0 Å². The second-order valence-electron chi connectivity index (χ2n) is 3.57. The highest BCUT2D eigenvalue weighted by Gasteiger charge is 2.27. The van der Waals surface area contributed by atoms with Crippen LogP contribution in [0.2, 0.25) is 5.02 Å². The summed E-state index contributed by atoms with van der Waals surface area (Å²) >= 11 is 9.11. The standard InChI is InChI=1S/C11H12BrClF3NO/c12-9-6-8(13)2-3-10(9)17-4-1-5-18-7-11(14,15)16/h2-3,6,17H,1,4-5,7H2. The third-order valence-electron chi connectivity index (χ3n) is 1.98. The Kier molecular flexibility index (Phi) is 6.25. The largest absolute Gasteiger partial charge is 0.411 e. The van der Waals surface area contributed by atoms with Gasteiger partial charge >= 0.3 is 6.18 Å². The molecule has 0 atom stereocenters. The van der Waals surface area contributed by atoms with Crippen molar-refractivity contribution in [2.24, 2.45) is 0 Å². The Hall–Kier alpha value is -0.460. The van der Waals surface area contributed by atoms with Gasteiger partial charge in [-0.1, -0.05) is 11.6 Å². The fourth-order valence-corrected chi connectivity index (χ4v) is 2.04. The van der Waals surface area contributed by atoms with Gasteiger partial charge in [0.25, 0.3) is 0 Å². The average molecular weight is 347 g/mol. The lowest BCUT2D eigenvalue weighted by molar-refractivity contribution is -0.173. The molecule has 0 spiro atoms. The molecule has 2 nitrogen and oxygen atoms in total. The van der Waals surface area contributed by atoms with Crippen LogP contribution in [-0.2, 0) is 4.74 Å². The maximum Gasteiger partial charge on any atom is 0.411 e. The fourth-order valence-electron chi connectivity index (χ4n) is 1.22. The molecule has 102 valence electrons. The Morgan fingerprint density at radius 1 is 1.33 bits per heavy atom. The maximum absolute atomic E-state index is 11.8. The highest BCUT2D eigenvalue weighted by Crippen LogP contribution is 2.25. The minimum absolute atomic E-state index is 0.0672. The van der Waals surface area contributed by atoms with E-state index >= 15 is 0 Å². The van der Waals surface area contributed by atoms with Crippen molar-refractivity contribution in [3.8, 4) is 0 Å². The van der Waals surface area contributed by atoms with Crippen LogP contribution in [-0.4, -0.2) is 25.9 Å². The summed E-state index contributed by atoms with van der Waals surface area (Å²) in [6.07, 6.45) is -3.77. The van der Waals surface area contributed by atoms with Gasteiger partial charge < -0.3 is 10.1 Å². The van der Waals surface area contributed by atoms with E-state index in [9.17, 15) is 13.2 Å². The first-order valence-corrected chi connectivity index (χ1v) is 6.39. The number of benzene rings is 1. The van der Waals surface area contributed by atoms with E-state index in [0.717, 1.165) is 10.2 Å². The Balaban J connectivity index is 2.18.